The Morgan fingerprint density at radius 3 is 2.37 bits per heavy atom. The van der Waals surface area contributed by atoms with Gasteiger partial charge in [0.15, 0.2) is 0 Å². The molecule has 2 heterocycles. The molecule has 1 atom stereocenters. The summed E-state index contributed by atoms with van der Waals surface area (Å²) in [4.78, 5) is 4.06. The predicted octanol–water partition coefficient (Wildman–Crippen LogP) is 1.03. The summed E-state index contributed by atoms with van der Waals surface area (Å²) >= 11 is 0.597. The zero-order chi connectivity index (χ0) is 14.0. The van der Waals surface area contributed by atoms with Crippen LogP contribution in [0.3, 0.4) is 0 Å². The number of aromatic nitrogens is 2. The molecule has 108 valence electrons. The van der Waals surface area contributed by atoms with Gasteiger partial charge in [-0.05, 0) is 6.92 Å². The van der Waals surface area contributed by atoms with Gasteiger partial charge in [0.1, 0.15) is 0 Å². The van der Waals surface area contributed by atoms with Crippen LogP contribution in [0, 0.1) is 0 Å². The zero-order valence-corrected chi connectivity index (χ0v) is 11.3. The van der Waals surface area contributed by atoms with Gasteiger partial charge in [0.05, 0.1) is 0 Å². The summed E-state index contributed by atoms with van der Waals surface area (Å²) < 4.78 is 37.3. The van der Waals surface area contributed by atoms with E-state index >= 15 is 0 Å². The maximum Gasteiger partial charge on any atom is 0.445 e. The lowest BCUT2D eigenvalue weighted by molar-refractivity contribution is -0.138. The Kier molecular flexibility index (Phi) is 4.26. The Labute approximate surface area is 113 Å². The van der Waals surface area contributed by atoms with Gasteiger partial charge >= 0.3 is 6.18 Å². The lowest BCUT2D eigenvalue weighted by Crippen LogP contribution is -2.51. The highest BCUT2D eigenvalue weighted by molar-refractivity contribution is 7.15. The summed E-state index contributed by atoms with van der Waals surface area (Å²) in [6.45, 7) is 5.48. The molecule has 9 heteroatoms. The third-order valence-corrected chi connectivity index (χ3v) is 4.23. The number of rotatable bonds is 3. The summed E-state index contributed by atoms with van der Waals surface area (Å²) in [5.74, 6) is 0. The van der Waals surface area contributed by atoms with Gasteiger partial charge in [0.25, 0.3) is 0 Å². The first kappa shape index (κ1) is 14.5. The molecule has 0 aliphatic carbocycles. The standard InChI is InChI=1S/C10H16F3N5S/c1-7(6-14)17-2-4-18(5-3-17)9-16-15-8(19-9)10(11,12)13/h7H,2-6,14H2,1H3. The van der Waals surface area contributed by atoms with Gasteiger partial charge in [-0.15, -0.1) is 10.2 Å². The van der Waals surface area contributed by atoms with E-state index in [1.54, 1.807) is 0 Å². The Morgan fingerprint density at radius 2 is 1.89 bits per heavy atom. The van der Waals surface area contributed by atoms with Crippen molar-refractivity contribution >= 4 is 16.5 Å². The summed E-state index contributed by atoms with van der Waals surface area (Å²) in [6, 6.07) is 0.294. The molecular formula is C10H16F3N5S. The minimum absolute atomic E-state index is 0.294. The molecule has 1 unspecified atom stereocenters. The molecule has 5 nitrogen and oxygen atoms in total. The van der Waals surface area contributed by atoms with Crippen LogP contribution in [0.4, 0.5) is 18.3 Å². The zero-order valence-electron chi connectivity index (χ0n) is 10.5. The van der Waals surface area contributed by atoms with Crippen LogP contribution >= 0.6 is 11.3 Å². The number of hydrogen-bond donors (Lipinski definition) is 1. The largest absolute Gasteiger partial charge is 0.445 e. The molecule has 0 spiro atoms. The number of halogens is 3. The normalized spacial score (nSPS) is 19.7. The van der Waals surface area contributed by atoms with E-state index in [2.05, 4.69) is 15.1 Å². The van der Waals surface area contributed by atoms with Gasteiger partial charge in [-0.2, -0.15) is 13.2 Å². The van der Waals surface area contributed by atoms with Crippen LogP contribution in [0.5, 0.6) is 0 Å². The highest BCUT2D eigenvalue weighted by Gasteiger charge is 2.36. The number of nitrogens with zero attached hydrogens (tertiary/aromatic N) is 4. The fourth-order valence-electron chi connectivity index (χ4n) is 1.96. The third kappa shape index (κ3) is 3.34. The SMILES string of the molecule is CC(CN)N1CCN(c2nnc(C(F)(F)F)s2)CC1. The summed E-state index contributed by atoms with van der Waals surface area (Å²) in [5, 5.41) is 6.28. The molecule has 1 fully saturated rings. The molecule has 0 bridgehead atoms. The Morgan fingerprint density at radius 1 is 1.26 bits per heavy atom. The lowest BCUT2D eigenvalue weighted by Gasteiger charge is -2.37. The van der Waals surface area contributed by atoms with Crippen LogP contribution in [-0.2, 0) is 6.18 Å². The molecular weight excluding hydrogens is 279 g/mol. The molecule has 0 amide bonds. The van der Waals surface area contributed by atoms with Crippen LogP contribution < -0.4 is 10.6 Å². The van der Waals surface area contributed by atoms with E-state index in [1.165, 1.54) is 0 Å². The lowest BCUT2D eigenvalue weighted by atomic mass is 10.2. The van der Waals surface area contributed by atoms with Crippen molar-refractivity contribution in [3.63, 3.8) is 0 Å². The predicted molar refractivity (Wildman–Crippen MR) is 67.2 cm³/mol. The van der Waals surface area contributed by atoms with Crippen LogP contribution in [0.1, 0.15) is 11.9 Å². The smallest absolute Gasteiger partial charge is 0.344 e. The van der Waals surface area contributed by atoms with Gasteiger partial charge in [0, 0.05) is 38.8 Å². The van der Waals surface area contributed by atoms with Crippen molar-refractivity contribution in [1.29, 1.82) is 0 Å². The maximum atomic E-state index is 12.4. The summed E-state index contributed by atoms with van der Waals surface area (Å²) in [6.07, 6.45) is -4.41. The van der Waals surface area contributed by atoms with Crippen molar-refractivity contribution in [2.24, 2.45) is 5.73 Å². The number of hydrogen-bond acceptors (Lipinski definition) is 6. The average Bonchev–Trinajstić information content (AvgIpc) is 2.87. The van der Waals surface area contributed by atoms with E-state index < -0.39 is 11.2 Å². The van der Waals surface area contributed by atoms with Crippen LogP contribution in [0.15, 0.2) is 0 Å². The van der Waals surface area contributed by atoms with Gasteiger partial charge < -0.3 is 10.6 Å². The Bertz CT molecular complexity index is 414. The second kappa shape index (κ2) is 5.59. The summed E-state index contributed by atoms with van der Waals surface area (Å²) in [5.41, 5.74) is 5.60. The van der Waals surface area contributed by atoms with Gasteiger partial charge in [-0.1, -0.05) is 11.3 Å². The van der Waals surface area contributed by atoms with Gasteiger partial charge in [-0.25, -0.2) is 0 Å². The van der Waals surface area contributed by atoms with E-state index in [0.717, 1.165) is 13.1 Å². The number of nitrogens with two attached hydrogens (primary N) is 1. The molecule has 1 aliphatic heterocycles. The average molecular weight is 295 g/mol. The molecule has 1 aromatic heterocycles. The van der Waals surface area contributed by atoms with Crippen LogP contribution in [0.2, 0.25) is 0 Å². The van der Waals surface area contributed by atoms with Crippen LogP contribution in [0.25, 0.3) is 0 Å². The van der Waals surface area contributed by atoms with Crippen molar-refractivity contribution in [2.45, 2.75) is 19.1 Å². The monoisotopic (exact) mass is 295 g/mol. The third-order valence-electron chi connectivity index (χ3n) is 3.21. The van der Waals surface area contributed by atoms with Crippen LogP contribution in [-0.4, -0.2) is 53.9 Å². The van der Waals surface area contributed by atoms with E-state index in [1.807, 2.05) is 11.8 Å². The molecule has 0 saturated carbocycles. The van der Waals surface area contributed by atoms with Crippen molar-refractivity contribution in [2.75, 3.05) is 37.6 Å². The molecule has 19 heavy (non-hydrogen) atoms. The second-order valence-electron chi connectivity index (χ2n) is 4.50. The first-order valence-corrected chi connectivity index (χ1v) is 6.83. The Balaban J connectivity index is 1.96. The Hall–Kier alpha value is -0.930. The molecule has 2 N–H and O–H groups in total. The first-order chi connectivity index (χ1) is 8.91. The van der Waals surface area contributed by atoms with Gasteiger partial charge in [-0.3, -0.25) is 4.90 Å². The van der Waals surface area contributed by atoms with Gasteiger partial charge in [0.2, 0.25) is 10.1 Å². The van der Waals surface area contributed by atoms with Crippen molar-refractivity contribution < 1.29 is 13.2 Å². The van der Waals surface area contributed by atoms with E-state index in [4.69, 9.17) is 5.73 Å². The molecule has 1 aromatic rings. The molecule has 1 aliphatic rings. The fraction of sp³-hybridized carbons (Fsp3) is 0.800. The molecule has 2 rings (SSSR count). The molecule has 0 radical (unpaired) electrons. The quantitative estimate of drug-likeness (QED) is 0.902. The molecule has 1 saturated heterocycles. The fourth-order valence-corrected chi connectivity index (χ4v) is 2.72. The van der Waals surface area contributed by atoms with E-state index in [0.29, 0.717) is 42.1 Å². The summed E-state index contributed by atoms with van der Waals surface area (Å²) in [7, 11) is 0. The van der Waals surface area contributed by atoms with Crippen molar-refractivity contribution in [3.05, 3.63) is 5.01 Å². The van der Waals surface area contributed by atoms with Crippen molar-refractivity contribution in [3.8, 4) is 0 Å². The minimum atomic E-state index is -4.41. The highest BCUT2D eigenvalue weighted by Crippen LogP contribution is 2.34. The van der Waals surface area contributed by atoms with E-state index in [9.17, 15) is 13.2 Å². The number of anilines is 1. The van der Waals surface area contributed by atoms with E-state index in [-0.39, 0.29) is 0 Å². The topological polar surface area (TPSA) is 58.3 Å². The second-order valence-corrected chi connectivity index (χ2v) is 5.45. The number of piperazine rings is 1. The maximum absolute atomic E-state index is 12.4. The minimum Gasteiger partial charge on any atom is -0.344 e. The molecule has 0 aromatic carbocycles. The first-order valence-electron chi connectivity index (χ1n) is 6.01. The number of alkyl halides is 3. The van der Waals surface area contributed by atoms with Crippen molar-refractivity contribution in [1.82, 2.24) is 15.1 Å². The highest BCUT2D eigenvalue weighted by atomic mass is 32.1.